The molecular weight excluding hydrogens is 332 g/mol. The highest BCUT2D eigenvalue weighted by Gasteiger charge is 2.17. The van der Waals surface area contributed by atoms with E-state index in [4.69, 9.17) is 0 Å². The molecule has 2 heterocycles. The van der Waals surface area contributed by atoms with Crippen LogP contribution in [-0.4, -0.2) is 27.7 Å². The van der Waals surface area contributed by atoms with Crippen LogP contribution in [0, 0.1) is 12.8 Å². The Labute approximate surface area is 151 Å². The van der Waals surface area contributed by atoms with Gasteiger partial charge in [-0.25, -0.2) is 4.79 Å². The maximum absolute atomic E-state index is 12.9. The largest absolute Gasteiger partial charge is 0.322 e. The molecule has 0 atom stereocenters. The molecule has 0 saturated heterocycles. The summed E-state index contributed by atoms with van der Waals surface area (Å²) in [4.78, 5) is 14.7. The normalized spacial score (nSPS) is 11.0. The van der Waals surface area contributed by atoms with Gasteiger partial charge < -0.3 is 10.2 Å². The van der Waals surface area contributed by atoms with Crippen LogP contribution in [0.5, 0.6) is 0 Å². The highest BCUT2D eigenvalue weighted by Crippen LogP contribution is 2.23. The lowest BCUT2D eigenvalue weighted by molar-refractivity contribution is 0.202. The summed E-state index contributed by atoms with van der Waals surface area (Å²) >= 11 is 1.65. The van der Waals surface area contributed by atoms with Crippen LogP contribution in [0.4, 0.5) is 10.5 Å². The molecule has 2 amide bonds. The zero-order chi connectivity index (χ0) is 17.8. The number of thiophene rings is 1. The standard InChI is InChI=1S/C19H22N4OS/c1-13(2)10-23(11-15-7-8-25-12-15)19(24)20-17-5-4-6-18-16(17)9-14(3)21-22-18/h4-9,12-13H,10-11H2,1-3H3,(H,20,24). The van der Waals surface area contributed by atoms with Crippen LogP contribution in [-0.2, 0) is 6.54 Å². The Morgan fingerprint density at radius 3 is 2.84 bits per heavy atom. The number of benzene rings is 1. The van der Waals surface area contributed by atoms with Gasteiger partial charge in [-0.2, -0.15) is 21.5 Å². The van der Waals surface area contributed by atoms with E-state index in [0.29, 0.717) is 19.0 Å². The number of urea groups is 1. The first kappa shape index (κ1) is 17.4. The molecular formula is C19H22N4OS. The van der Waals surface area contributed by atoms with E-state index in [1.807, 2.05) is 41.5 Å². The molecule has 2 aromatic heterocycles. The summed E-state index contributed by atoms with van der Waals surface area (Å²) in [5.74, 6) is 0.394. The number of amides is 2. The molecule has 5 nitrogen and oxygen atoms in total. The third-order valence-electron chi connectivity index (χ3n) is 3.82. The number of nitrogens with zero attached hydrogens (tertiary/aromatic N) is 3. The smallest absolute Gasteiger partial charge is 0.320 e. The SMILES string of the molecule is Cc1cc2c(NC(=O)N(Cc3ccsc3)CC(C)C)cccc2nn1. The van der Waals surface area contributed by atoms with Crippen LogP contribution < -0.4 is 5.32 Å². The first-order valence-electron chi connectivity index (χ1n) is 8.33. The number of aromatic nitrogens is 2. The Morgan fingerprint density at radius 1 is 1.28 bits per heavy atom. The highest BCUT2D eigenvalue weighted by atomic mass is 32.1. The van der Waals surface area contributed by atoms with Gasteiger partial charge in [0, 0.05) is 18.5 Å². The van der Waals surface area contributed by atoms with Gasteiger partial charge in [-0.15, -0.1) is 0 Å². The van der Waals surface area contributed by atoms with Crippen molar-refractivity contribution < 1.29 is 4.79 Å². The third kappa shape index (κ3) is 4.33. The van der Waals surface area contributed by atoms with Crippen molar-refractivity contribution in [2.24, 2.45) is 5.92 Å². The van der Waals surface area contributed by atoms with Crippen molar-refractivity contribution in [2.45, 2.75) is 27.3 Å². The number of anilines is 1. The van der Waals surface area contributed by atoms with E-state index in [1.54, 1.807) is 11.3 Å². The zero-order valence-electron chi connectivity index (χ0n) is 14.7. The maximum Gasteiger partial charge on any atom is 0.322 e. The fraction of sp³-hybridized carbons (Fsp3) is 0.316. The van der Waals surface area contributed by atoms with Gasteiger partial charge in [0.15, 0.2) is 0 Å². The van der Waals surface area contributed by atoms with E-state index in [-0.39, 0.29) is 6.03 Å². The number of hydrogen-bond donors (Lipinski definition) is 1. The number of rotatable bonds is 5. The van der Waals surface area contributed by atoms with E-state index < -0.39 is 0 Å². The minimum atomic E-state index is -0.0955. The lowest BCUT2D eigenvalue weighted by Gasteiger charge is -2.25. The molecule has 3 rings (SSSR count). The van der Waals surface area contributed by atoms with E-state index in [2.05, 4.69) is 40.8 Å². The molecule has 1 aromatic carbocycles. The van der Waals surface area contributed by atoms with Gasteiger partial charge in [0.2, 0.25) is 0 Å². The minimum Gasteiger partial charge on any atom is -0.320 e. The summed E-state index contributed by atoms with van der Waals surface area (Å²) in [5.41, 5.74) is 3.52. The lowest BCUT2D eigenvalue weighted by Crippen LogP contribution is -2.37. The van der Waals surface area contributed by atoms with Gasteiger partial charge >= 0.3 is 6.03 Å². The van der Waals surface area contributed by atoms with Crippen LogP contribution >= 0.6 is 11.3 Å². The molecule has 0 bridgehead atoms. The second-order valence-electron chi connectivity index (χ2n) is 6.56. The van der Waals surface area contributed by atoms with Gasteiger partial charge in [-0.3, -0.25) is 0 Å². The van der Waals surface area contributed by atoms with Crippen molar-refractivity contribution in [2.75, 3.05) is 11.9 Å². The Morgan fingerprint density at radius 2 is 2.12 bits per heavy atom. The van der Waals surface area contributed by atoms with E-state index in [1.165, 1.54) is 0 Å². The molecule has 25 heavy (non-hydrogen) atoms. The Balaban J connectivity index is 1.84. The summed E-state index contributed by atoms with van der Waals surface area (Å²) in [7, 11) is 0. The van der Waals surface area contributed by atoms with Gasteiger partial charge in [0.05, 0.1) is 16.9 Å². The molecule has 0 aliphatic carbocycles. The average Bonchev–Trinajstić information content (AvgIpc) is 3.07. The highest BCUT2D eigenvalue weighted by molar-refractivity contribution is 7.07. The summed E-state index contributed by atoms with van der Waals surface area (Å²) in [6, 6.07) is 9.59. The van der Waals surface area contributed by atoms with Crippen LogP contribution in [0.15, 0.2) is 41.1 Å². The zero-order valence-corrected chi connectivity index (χ0v) is 15.5. The molecule has 3 aromatic rings. The van der Waals surface area contributed by atoms with Gasteiger partial charge in [0.1, 0.15) is 0 Å². The predicted octanol–water partition coefficient (Wildman–Crippen LogP) is 4.69. The second kappa shape index (κ2) is 7.61. The molecule has 0 unspecified atom stereocenters. The molecule has 6 heteroatoms. The van der Waals surface area contributed by atoms with Crippen LogP contribution in [0.25, 0.3) is 10.9 Å². The first-order chi connectivity index (χ1) is 12.0. The number of aryl methyl sites for hydroxylation is 1. The lowest BCUT2D eigenvalue weighted by atomic mass is 10.1. The molecule has 0 saturated carbocycles. The fourth-order valence-corrected chi connectivity index (χ4v) is 3.39. The van der Waals surface area contributed by atoms with Crippen molar-refractivity contribution in [3.05, 3.63) is 52.3 Å². The monoisotopic (exact) mass is 354 g/mol. The Hall–Kier alpha value is -2.47. The fourth-order valence-electron chi connectivity index (χ4n) is 2.73. The van der Waals surface area contributed by atoms with Crippen LogP contribution in [0.1, 0.15) is 25.1 Å². The molecule has 0 spiro atoms. The quantitative estimate of drug-likeness (QED) is 0.723. The van der Waals surface area contributed by atoms with Crippen LogP contribution in [0.2, 0.25) is 0 Å². The summed E-state index contributed by atoms with van der Waals surface area (Å²) < 4.78 is 0. The van der Waals surface area contributed by atoms with Crippen molar-refractivity contribution in [1.29, 1.82) is 0 Å². The molecule has 1 N–H and O–H groups in total. The molecule has 0 aliphatic heterocycles. The molecule has 0 aliphatic rings. The Kier molecular flexibility index (Phi) is 5.28. The minimum absolute atomic E-state index is 0.0955. The summed E-state index contributed by atoms with van der Waals surface area (Å²) in [6.07, 6.45) is 0. The predicted molar refractivity (Wildman–Crippen MR) is 103 cm³/mol. The summed E-state index contributed by atoms with van der Waals surface area (Å²) in [5, 5.41) is 16.3. The van der Waals surface area contributed by atoms with E-state index in [9.17, 15) is 4.79 Å². The van der Waals surface area contributed by atoms with E-state index >= 15 is 0 Å². The molecule has 0 radical (unpaired) electrons. The maximum atomic E-state index is 12.9. The number of nitrogens with one attached hydrogen (secondary N) is 1. The van der Waals surface area contributed by atoms with Gasteiger partial charge in [-0.1, -0.05) is 19.9 Å². The Bertz CT molecular complexity index is 861. The van der Waals surface area contributed by atoms with Crippen molar-refractivity contribution in [3.63, 3.8) is 0 Å². The second-order valence-corrected chi connectivity index (χ2v) is 7.34. The molecule has 130 valence electrons. The number of hydrogen-bond acceptors (Lipinski definition) is 4. The number of carbonyl (C=O) groups is 1. The van der Waals surface area contributed by atoms with Crippen molar-refractivity contribution in [3.8, 4) is 0 Å². The van der Waals surface area contributed by atoms with Gasteiger partial charge in [0.25, 0.3) is 0 Å². The molecule has 0 fully saturated rings. The average molecular weight is 354 g/mol. The third-order valence-corrected chi connectivity index (χ3v) is 4.55. The van der Waals surface area contributed by atoms with Gasteiger partial charge in [-0.05, 0) is 53.4 Å². The van der Waals surface area contributed by atoms with Crippen LogP contribution in [0.3, 0.4) is 0 Å². The first-order valence-corrected chi connectivity index (χ1v) is 9.27. The number of fused-ring (bicyclic) bond motifs is 1. The van der Waals surface area contributed by atoms with E-state index in [0.717, 1.165) is 27.8 Å². The number of carbonyl (C=O) groups excluding carboxylic acids is 1. The topological polar surface area (TPSA) is 58.1 Å². The van der Waals surface area contributed by atoms with Crippen molar-refractivity contribution in [1.82, 2.24) is 15.1 Å². The van der Waals surface area contributed by atoms with Crippen molar-refractivity contribution >= 4 is 34.0 Å². The summed E-state index contributed by atoms with van der Waals surface area (Å²) in [6.45, 7) is 7.44.